The van der Waals surface area contributed by atoms with E-state index < -0.39 is 6.35 Å². The van der Waals surface area contributed by atoms with Crippen molar-refractivity contribution in [2.24, 2.45) is 0 Å². The Morgan fingerprint density at radius 3 is 2.77 bits per heavy atom. The first-order valence-electron chi connectivity index (χ1n) is 11.2. The van der Waals surface area contributed by atoms with Gasteiger partial charge in [0.15, 0.2) is 17.8 Å². The van der Waals surface area contributed by atoms with Crippen molar-refractivity contribution in [2.45, 2.75) is 64.8 Å². The molecule has 1 N–H and O–H groups in total. The molecule has 168 valence electrons. The van der Waals surface area contributed by atoms with Gasteiger partial charge >= 0.3 is 0 Å². The van der Waals surface area contributed by atoms with E-state index in [-0.39, 0.29) is 18.2 Å². The smallest absolute Gasteiger partial charge is 0.277 e. The molecule has 0 radical (unpaired) electrons. The zero-order valence-electron chi connectivity index (χ0n) is 18.3. The summed E-state index contributed by atoms with van der Waals surface area (Å²) in [6.45, 7) is 6.14. The molecular weight excluding hydrogens is 396 g/mol. The van der Waals surface area contributed by atoms with Crippen molar-refractivity contribution >= 4 is 11.7 Å². The van der Waals surface area contributed by atoms with Crippen LogP contribution in [0.4, 0.5) is 5.82 Å². The van der Waals surface area contributed by atoms with Crippen LogP contribution in [0.5, 0.6) is 0 Å². The Hall–Kier alpha value is -2.42. The molecule has 3 heterocycles. The van der Waals surface area contributed by atoms with Gasteiger partial charge in [-0.2, -0.15) is 0 Å². The van der Waals surface area contributed by atoms with Gasteiger partial charge in [0.05, 0.1) is 12.9 Å². The second-order valence-corrected chi connectivity index (χ2v) is 8.40. The highest BCUT2D eigenvalue weighted by Crippen LogP contribution is 2.31. The molecule has 2 aliphatic heterocycles. The Labute approximate surface area is 183 Å². The van der Waals surface area contributed by atoms with Gasteiger partial charge in [-0.25, -0.2) is 4.98 Å². The Balaban J connectivity index is 1.48. The van der Waals surface area contributed by atoms with E-state index >= 15 is 0 Å². The Morgan fingerprint density at radius 1 is 1.26 bits per heavy atom. The number of hydrogen-bond acceptors (Lipinski definition) is 6. The number of hydrogen-bond donors (Lipinski definition) is 1. The highest BCUT2D eigenvalue weighted by Gasteiger charge is 2.40. The largest absolute Gasteiger partial charge is 0.356 e. The van der Waals surface area contributed by atoms with Gasteiger partial charge in [0.2, 0.25) is 6.35 Å². The summed E-state index contributed by atoms with van der Waals surface area (Å²) in [5.41, 5.74) is 1.60. The van der Waals surface area contributed by atoms with Crippen molar-refractivity contribution < 1.29 is 19.4 Å². The maximum absolute atomic E-state index is 13.4. The number of amides is 1. The van der Waals surface area contributed by atoms with Crippen molar-refractivity contribution in [2.75, 3.05) is 24.7 Å². The van der Waals surface area contributed by atoms with Crippen molar-refractivity contribution in [1.82, 2.24) is 14.5 Å². The van der Waals surface area contributed by atoms with Crippen LogP contribution in [0.2, 0.25) is 0 Å². The Morgan fingerprint density at radius 2 is 2.06 bits per heavy atom. The molecule has 1 aromatic heterocycles. The summed E-state index contributed by atoms with van der Waals surface area (Å²) < 4.78 is 13.3. The van der Waals surface area contributed by atoms with Crippen LogP contribution in [0, 0.1) is 0 Å². The van der Waals surface area contributed by atoms with E-state index in [0.29, 0.717) is 37.6 Å². The molecule has 1 amide bonds. The van der Waals surface area contributed by atoms with Gasteiger partial charge in [-0.3, -0.25) is 9.69 Å². The molecule has 2 atom stereocenters. The number of aromatic nitrogens is 2. The lowest BCUT2D eigenvalue weighted by molar-refractivity contribution is -0.163. The van der Waals surface area contributed by atoms with Gasteiger partial charge in [-0.1, -0.05) is 30.3 Å². The van der Waals surface area contributed by atoms with E-state index in [1.165, 1.54) is 4.90 Å². The van der Waals surface area contributed by atoms with Crippen LogP contribution in [-0.4, -0.2) is 63.9 Å². The molecule has 1 aromatic carbocycles. The highest BCUT2D eigenvalue weighted by atomic mass is 16.7. The molecule has 1 fully saturated rings. The topological polar surface area (TPSA) is 80.1 Å². The molecular formula is C23H32N4O4. The lowest BCUT2D eigenvalue weighted by Crippen LogP contribution is -2.58. The molecule has 8 nitrogen and oxygen atoms in total. The number of nitrogens with zero attached hydrogens (tertiary/aromatic N) is 4. The van der Waals surface area contributed by atoms with E-state index in [9.17, 15) is 9.90 Å². The number of ether oxygens (including phenoxy) is 2. The summed E-state index contributed by atoms with van der Waals surface area (Å²) in [6, 6.07) is 9.96. The average Bonchev–Trinajstić information content (AvgIpc) is 3.17. The van der Waals surface area contributed by atoms with Gasteiger partial charge < -0.3 is 24.0 Å². The lowest BCUT2D eigenvalue weighted by atomic mass is 10.2. The SMILES string of the molecule is CC(C)N1c2ncn(Cc3ccccc3)c2C(=O)N(CCCOC2CCCCO2)C1O. The van der Waals surface area contributed by atoms with Crippen LogP contribution in [-0.2, 0) is 16.0 Å². The predicted octanol–water partition coefficient (Wildman–Crippen LogP) is 2.81. The number of carbonyl (C=O) groups excluding carboxylic acids is 1. The van der Waals surface area contributed by atoms with Gasteiger partial charge in [-0.15, -0.1) is 0 Å². The number of anilines is 1. The third kappa shape index (κ3) is 4.76. The summed E-state index contributed by atoms with van der Waals surface area (Å²) in [6.07, 6.45) is 4.22. The number of aliphatic hydroxyl groups is 1. The highest BCUT2D eigenvalue weighted by molar-refractivity contribution is 5.99. The maximum Gasteiger partial charge on any atom is 0.277 e. The predicted molar refractivity (Wildman–Crippen MR) is 117 cm³/mol. The first-order valence-corrected chi connectivity index (χ1v) is 11.2. The number of aliphatic hydroxyl groups excluding tert-OH is 1. The molecule has 0 bridgehead atoms. The van der Waals surface area contributed by atoms with E-state index in [0.717, 1.165) is 31.4 Å². The molecule has 1 saturated heterocycles. The number of rotatable bonds is 8. The second-order valence-electron chi connectivity index (χ2n) is 8.40. The van der Waals surface area contributed by atoms with Crippen molar-refractivity contribution in [1.29, 1.82) is 0 Å². The van der Waals surface area contributed by atoms with Gasteiger partial charge in [0.1, 0.15) is 0 Å². The molecule has 4 rings (SSSR count). The van der Waals surface area contributed by atoms with Crippen LogP contribution < -0.4 is 4.90 Å². The van der Waals surface area contributed by atoms with E-state index in [1.54, 1.807) is 11.2 Å². The maximum atomic E-state index is 13.4. The van der Waals surface area contributed by atoms with E-state index in [1.807, 2.05) is 48.7 Å². The van der Waals surface area contributed by atoms with Crippen LogP contribution in [0.25, 0.3) is 0 Å². The standard InChI is InChI=1S/C23H32N4O4/c1-17(2)27-21-20(25(16-24-21)15-18-9-4-3-5-10-18)22(28)26(23(27)29)12-8-14-31-19-11-6-7-13-30-19/h3-5,9-10,16-17,19,23,29H,6-8,11-15H2,1-2H3. The summed E-state index contributed by atoms with van der Waals surface area (Å²) in [5, 5.41) is 11.0. The van der Waals surface area contributed by atoms with Gasteiger partial charge in [0, 0.05) is 25.7 Å². The molecule has 0 saturated carbocycles. The van der Waals surface area contributed by atoms with Crippen molar-refractivity contribution in [3.63, 3.8) is 0 Å². The first-order chi connectivity index (χ1) is 15.1. The second kappa shape index (κ2) is 9.80. The monoisotopic (exact) mass is 428 g/mol. The molecule has 2 unspecified atom stereocenters. The molecule has 0 spiro atoms. The Bertz CT molecular complexity index is 864. The van der Waals surface area contributed by atoms with Crippen molar-refractivity contribution in [3.05, 3.63) is 47.9 Å². The van der Waals surface area contributed by atoms with Crippen LogP contribution in [0.1, 0.15) is 55.6 Å². The third-order valence-corrected chi connectivity index (χ3v) is 5.79. The summed E-state index contributed by atoms with van der Waals surface area (Å²) in [7, 11) is 0. The normalized spacial score (nSPS) is 21.6. The average molecular weight is 429 g/mol. The molecule has 31 heavy (non-hydrogen) atoms. The zero-order chi connectivity index (χ0) is 21.8. The molecule has 0 aliphatic carbocycles. The summed E-state index contributed by atoms with van der Waals surface area (Å²) in [4.78, 5) is 21.2. The number of carbonyl (C=O) groups is 1. The molecule has 2 aromatic rings. The third-order valence-electron chi connectivity index (χ3n) is 5.79. The van der Waals surface area contributed by atoms with Crippen LogP contribution >= 0.6 is 0 Å². The number of benzene rings is 1. The fraction of sp³-hybridized carbons (Fsp3) is 0.565. The number of imidazole rings is 1. The molecule has 8 heteroatoms. The minimum Gasteiger partial charge on any atom is -0.356 e. The minimum absolute atomic E-state index is 0.0173. The van der Waals surface area contributed by atoms with Crippen LogP contribution in [0.15, 0.2) is 36.7 Å². The minimum atomic E-state index is -1.05. The van der Waals surface area contributed by atoms with Gasteiger partial charge in [0.25, 0.3) is 5.91 Å². The van der Waals surface area contributed by atoms with Crippen molar-refractivity contribution in [3.8, 4) is 0 Å². The fourth-order valence-electron chi connectivity index (χ4n) is 4.20. The number of fused-ring (bicyclic) bond motifs is 1. The fourth-order valence-corrected chi connectivity index (χ4v) is 4.20. The summed E-state index contributed by atoms with van der Waals surface area (Å²) in [5.74, 6) is 0.327. The summed E-state index contributed by atoms with van der Waals surface area (Å²) >= 11 is 0. The van der Waals surface area contributed by atoms with E-state index in [4.69, 9.17) is 9.47 Å². The molecule has 2 aliphatic rings. The lowest BCUT2D eigenvalue weighted by Gasteiger charge is -2.42. The van der Waals surface area contributed by atoms with Crippen LogP contribution in [0.3, 0.4) is 0 Å². The van der Waals surface area contributed by atoms with E-state index in [2.05, 4.69) is 4.98 Å². The Kier molecular flexibility index (Phi) is 6.89. The zero-order valence-corrected chi connectivity index (χ0v) is 18.3. The van der Waals surface area contributed by atoms with Gasteiger partial charge in [-0.05, 0) is 45.1 Å². The quantitative estimate of drug-likeness (QED) is 0.652. The first kappa shape index (κ1) is 21.8.